The van der Waals surface area contributed by atoms with Gasteiger partial charge in [-0.25, -0.2) is 4.79 Å². The molecule has 0 heterocycles. The normalized spacial score (nSPS) is 11.0. The summed E-state index contributed by atoms with van der Waals surface area (Å²) in [5.74, 6) is -0.386. The Morgan fingerprint density at radius 1 is 1.38 bits per heavy atom. The van der Waals surface area contributed by atoms with Crippen molar-refractivity contribution in [1.82, 2.24) is 5.43 Å². The SMILES string of the molecule is CCC(=NNCc1ccccc1)C(=O)OC. The molecule has 16 heavy (non-hydrogen) atoms. The Balaban J connectivity index is 2.49. The summed E-state index contributed by atoms with van der Waals surface area (Å²) in [5.41, 5.74) is 4.37. The minimum absolute atomic E-state index is 0.386. The van der Waals surface area contributed by atoms with Crippen molar-refractivity contribution in [1.29, 1.82) is 0 Å². The van der Waals surface area contributed by atoms with Crippen molar-refractivity contribution >= 4 is 11.7 Å². The van der Waals surface area contributed by atoms with Crippen LogP contribution in [0.5, 0.6) is 0 Å². The zero-order valence-corrected chi connectivity index (χ0v) is 9.56. The van der Waals surface area contributed by atoms with Crippen LogP contribution in [0.15, 0.2) is 35.4 Å². The summed E-state index contributed by atoms with van der Waals surface area (Å²) in [5, 5.41) is 4.00. The highest BCUT2D eigenvalue weighted by Crippen LogP contribution is 1.97. The van der Waals surface area contributed by atoms with Crippen molar-refractivity contribution in [2.45, 2.75) is 19.9 Å². The Morgan fingerprint density at radius 3 is 2.62 bits per heavy atom. The highest BCUT2D eigenvalue weighted by atomic mass is 16.5. The molecular weight excluding hydrogens is 204 g/mol. The summed E-state index contributed by atoms with van der Waals surface area (Å²) < 4.78 is 4.60. The summed E-state index contributed by atoms with van der Waals surface area (Å²) in [7, 11) is 1.35. The van der Waals surface area contributed by atoms with E-state index in [1.54, 1.807) is 0 Å². The maximum atomic E-state index is 11.2. The van der Waals surface area contributed by atoms with E-state index < -0.39 is 0 Å². The number of benzene rings is 1. The first kappa shape index (κ1) is 12.2. The highest BCUT2D eigenvalue weighted by molar-refractivity contribution is 6.36. The van der Waals surface area contributed by atoms with Gasteiger partial charge in [-0.3, -0.25) is 0 Å². The number of ether oxygens (including phenoxy) is 1. The molecule has 0 aliphatic rings. The second-order valence-corrected chi connectivity index (χ2v) is 3.22. The lowest BCUT2D eigenvalue weighted by Crippen LogP contribution is -2.19. The smallest absolute Gasteiger partial charge is 0.354 e. The third kappa shape index (κ3) is 3.73. The summed E-state index contributed by atoms with van der Waals surface area (Å²) in [4.78, 5) is 11.2. The van der Waals surface area contributed by atoms with Crippen molar-refractivity contribution in [3.05, 3.63) is 35.9 Å². The molecule has 4 heteroatoms. The van der Waals surface area contributed by atoms with Gasteiger partial charge >= 0.3 is 5.97 Å². The van der Waals surface area contributed by atoms with E-state index in [9.17, 15) is 4.79 Å². The van der Waals surface area contributed by atoms with Gasteiger partial charge in [0.2, 0.25) is 0 Å². The van der Waals surface area contributed by atoms with Crippen molar-refractivity contribution in [3.8, 4) is 0 Å². The van der Waals surface area contributed by atoms with Crippen molar-refractivity contribution in [2.24, 2.45) is 5.10 Å². The zero-order chi connectivity index (χ0) is 11.8. The molecule has 0 radical (unpaired) electrons. The fourth-order valence-corrected chi connectivity index (χ4v) is 1.21. The second kappa shape index (κ2) is 6.61. The molecule has 0 bridgehead atoms. The van der Waals surface area contributed by atoms with Gasteiger partial charge in [-0.1, -0.05) is 37.3 Å². The van der Waals surface area contributed by atoms with Gasteiger partial charge in [-0.15, -0.1) is 0 Å². The first-order valence-electron chi connectivity index (χ1n) is 5.19. The minimum atomic E-state index is -0.386. The number of hydrogen-bond acceptors (Lipinski definition) is 4. The van der Waals surface area contributed by atoms with Crippen LogP contribution < -0.4 is 5.43 Å². The van der Waals surface area contributed by atoms with Gasteiger partial charge in [0.1, 0.15) is 5.71 Å². The summed E-state index contributed by atoms with van der Waals surface area (Å²) in [6, 6.07) is 9.86. The predicted molar refractivity (Wildman–Crippen MR) is 63.0 cm³/mol. The minimum Gasteiger partial charge on any atom is -0.464 e. The lowest BCUT2D eigenvalue weighted by atomic mass is 10.2. The van der Waals surface area contributed by atoms with Gasteiger partial charge in [-0.05, 0) is 12.0 Å². The summed E-state index contributed by atoms with van der Waals surface area (Å²) in [6.07, 6.45) is 0.550. The van der Waals surface area contributed by atoms with Crippen molar-refractivity contribution in [2.75, 3.05) is 7.11 Å². The first-order valence-corrected chi connectivity index (χ1v) is 5.19. The predicted octanol–water partition coefficient (Wildman–Crippen LogP) is 1.72. The molecule has 4 nitrogen and oxygen atoms in total. The van der Waals surface area contributed by atoms with E-state index in [1.165, 1.54) is 7.11 Å². The Labute approximate surface area is 95.3 Å². The third-order valence-corrected chi connectivity index (χ3v) is 2.10. The van der Waals surface area contributed by atoms with Crippen LogP contribution in [0.3, 0.4) is 0 Å². The monoisotopic (exact) mass is 220 g/mol. The number of nitrogens with one attached hydrogen (secondary N) is 1. The first-order chi connectivity index (χ1) is 7.77. The molecule has 0 amide bonds. The Hall–Kier alpha value is -1.84. The second-order valence-electron chi connectivity index (χ2n) is 3.22. The van der Waals surface area contributed by atoms with E-state index in [2.05, 4.69) is 15.3 Å². The molecule has 0 unspecified atom stereocenters. The van der Waals surface area contributed by atoms with Crippen molar-refractivity contribution < 1.29 is 9.53 Å². The van der Waals surface area contributed by atoms with Gasteiger partial charge < -0.3 is 10.2 Å². The summed E-state index contributed by atoms with van der Waals surface area (Å²) in [6.45, 7) is 2.46. The summed E-state index contributed by atoms with van der Waals surface area (Å²) >= 11 is 0. The van der Waals surface area contributed by atoms with Crippen LogP contribution in [-0.2, 0) is 16.1 Å². The number of rotatable bonds is 5. The fraction of sp³-hybridized carbons (Fsp3) is 0.333. The van der Waals surface area contributed by atoms with Gasteiger partial charge in [-0.2, -0.15) is 5.10 Å². The molecule has 1 rings (SSSR count). The number of carbonyl (C=O) groups is 1. The van der Waals surface area contributed by atoms with Crippen LogP contribution in [0.4, 0.5) is 0 Å². The molecule has 1 aromatic rings. The average molecular weight is 220 g/mol. The van der Waals surface area contributed by atoms with E-state index in [0.29, 0.717) is 18.7 Å². The fourth-order valence-electron chi connectivity index (χ4n) is 1.21. The van der Waals surface area contributed by atoms with Crippen LogP contribution in [0, 0.1) is 0 Å². The number of hydrazone groups is 1. The number of nitrogens with zero attached hydrogens (tertiary/aromatic N) is 1. The lowest BCUT2D eigenvalue weighted by molar-refractivity contribution is -0.132. The van der Waals surface area contributed by atoms with Crippen LogP contribution in [0.2, 0.25) is 0 Å². The maximum Gasteiger partial charge on any atom is 0.354 e. The largest absolute Gasteiger partial charge is 0.464 e. The molecule has 0 aliphatic carbocycles. The number of hydrogen-bond donors (Lipinski definition) is 1. The van der Waals surface area contributed by atoms with Gasteiger partial charge in [0.05, 0.1) is 13.7 Å². The van der Waals surface area contributed by atoms with Crippen LogP contribution in [0.1, 0.15) is 18.9 Å². The zero-order valence-electron chi connectivity index (χ0n) is 9.56. The number of carbonyl (C=O) groups excluding carboxylic acids is 1. The molecule has 0 aliphatic heterocycles. The Kier molecular flexibility index (Phi) is 5.05. The number of methoxy groups -OCH3 is 1. The molecule has 1 aromatic carbocycles. The van der Waals surface area contributed by atoms with Crippen LogP contribution >= 0.6 is 0 Å². The van der Waals surface area contributed by atoms with Crippen LogP contribution in [0.25, 0.3) is 0 Å². The lowest BCUT2D eigenvalue weighted by Gasteiger charge is -2.03. The van der Waals surface area contributed by atoms with Gasteiger partial charge in [0.25, 0.3) is 0 Å². The van der Waals surface area contributed by atoms with E-state index in [0.717, 1.165) is 5.56 Å². The number of esters is 1. The third-order valence-electron chi connectivity index (χ3n) is 2.10. The molecule has 0 saturated heterocycles. The van der Waals surface area contributed by atoms with Crippen molar-refractivity contribution in [3.63, 3.8) is 0 Å². The van der Waals surface area contributed by atoms with Crippen LogP contribution in [-0.4, -0.2) is 18.8 Å². The standard InChI is InChI=1S/C12H16N2O2/c1-3-11(12(15)16-2)14-13-9-10-7-5-4-6-8-10/h4-8,13H,3,9H2,1-2H3. The van der Waals surface area contributed by atoms with Gasteiger partial charge in [0, 0.05) is 0 Å². The molecule has 0 spiro atoms. The quantitative estimate of drug-likeness (QED) is 0.467. The highest BCUT2D eigenvalue weighted by Gasteiger charge is 2.08. The van der Waals surface area contributed by atoms with Gasteiger partial charge in [0.15, 0.2) is 0 Å². The molecule has 0 aromatic heterocycles. The average Bonchev–Trinajstić information content (AvgIpc) is 2.35. The maximum absolute atomic E-state index is 11.2. The van der Waals surface area contributed by atoms with E-state index in [1.807, 2.05) is 37.3 Å². The molecule has 1 N–H and O–H groups in total. The molecule has 86 valence electrons. The van der Waals surface area contributed by atoms with E-state index >= 15 is 0 Å². The van der Waals surface area contributed by atoms with E-state index in [4.69, 9.17) is 0 Å². The molecular formula is C12H16N2O2. The molecule has 0 saturated carbocycles. The Morgan fingerprint density at radius 2 is 2.06 bits per heavy atom. The molecule has 0 atom stereocenters. The van der Waals surface area contributed by atoms with E-state index in [-0.39, 0.29) is 5.97 Å². The molecule has 0 fully saturated rings. The topological polar surface area (TPSA) is 50.7 Å². The Bertz CT molecular complexity index is 361.